The second-order valence-corrected chi connectivity index (χ2v) is 5.83. The van der Waals surface area contributed by atoms with Gasteiger partial charge in [-0.05, 0) is 31.6 Å². The van der Waals surface area contributed by atoms with Crippen LogP contribution >= 0.6 is 0 Å². The van der Waals surface area contributed by atoms with Gasteiger partial charge in [-0.2, -0.15) is 0 Å². The van der Waals surface area contributed by atoms with E-state index >= 15 is 0 Å². The van der Waals surface area contributed by atoms with Crippen molar-refractivity contribution in [2.24, 2.45) is 11.8 Å². The number of carbonyl (C=O) groups excluding carboxylic acids is 1. The number of hydrogen-bond donors (Lipinski definition) is 3. The van der Waals surface area contributed by atoms with Crippen molar-refractivity contribution in [3.05, 3.63) is 0 Å². The Hall–Kier alpha value is -1.30. The van der Waals surface area contributed by atoms with E-state index < -0.39 is 5.97 Å². The number of nitrogens with one attached hydrogen (secondary N) is 2. The van der Waals surface area contributed by atoms with Gasteiger partial charge in [0.1, 0.15) is 0 Å². The molecule has 2 amide bonds. The lowest BCUT2D eigenvalue weighted by Crippen LogP contribution is -2.40. The van der Waals surface area contributed by atoms with Crippen LogP contribution in [0.15, 0.2) is 0 Å². The number of carboxylic acids is 1. The van der Waals surface area contributed by atoms with Crippen LogP contribution in [0.25, 0.3) is 0 Å². The fraction of sp³-hybridized carbons (Fsp3) is 0.867. The molecule has 21 heavy (non-hydrogen) atoms. The van der Waals surface area contributed by atoms with E-state index in [1.165, 1.54) is 0 Å². The molecule has 1 fully saturated rings. The lowest BCUT2D eigenvalue weighted by Gasteiger charge is -2.17. The molecule has 0 radical (unpaired) electrons. The average molecular weight is 300 g/mol. The lowest BCUT2D eigenvalue weighted by atomic mass is 10.00. The second-order valence-electron chi connectivity index (χ2n) is 5.83. The molecule has 1 heterocycles. The normalized spacial score (nSPS) is 22.8. The van der Waals surface area contributed by atoms with E-state index in [-0.39, 0.29) is 18.6 Å². The Balaban J connectivity index is 2.07. The van der Waals surface area contributed by atoms with Crippen molar-refractivity contribution in [2.45, 2.75) is 52.1 Å². The fourth-order valence-electron chi connectivity index (χ4n) is 2.61. The van der Waals surface area contributed by atoms with E-state index in [9.17, 15) is 9.59 Å². The summed E-state index contributed by atoms with van der Waals surface area (Å²) in [5.74, 6) is -0.0545. The number of carboxylic acid groups (broad SMARTS) is 1. The van der Waals surface area contributed by atoms with E-state index in [2.05, 4.69) is 17.6 Å². The molecular formula is C15H28N2O4. The first-order valence-electron chi connectivity index (χ1n) is 7.88. The molecule has 3 unspecified atom stereocenters. The van der Waals surface area contributed by atoms with E-state index in [0.717, 1.165) is 25.9 Å². The molecule has 1 rings (SSSR count). The number of carbonyl (C=O) groups is 2. The molecule has 122 valence electrons. The minimum absolute atomic E-state index is 0.151. The molecule has 6 nitrogen and oxygen atoms in total. The molecule has 3 atom stereocenters. The molecule has 1 saturated heterocycles. The predicted molar refractivity (Wildman–Crippen MR) is 80.2 cm³/mol. The predicted octanol–water partition coefficient (Wildman–Crippen LogP) is 1.99. The van der Waals surface area contributed by atoms with E-state index in [4.69, 9.17) is 9.84 Å². The maximum absolute atomic E-state index is 11.7. The monoisotopic (exact) mass is 300 g/mol. The summed E-state index contributed by atoms with van der Waals surface area (Å²) in [5.41, 5.74) is 0. The third kappa shape index (κ3) is 7.32. The highest BCUT2D eigenvalue weighted by atomic mass is 16.5. The van der Waals surface area contributed by atoms with Crippen molar-refractivity contribution >= 4 is 12.0 Å². The Bertz CT molecular complexity index is 336. The van der Waals surface area contributed by atoms with Crippen LogP contribution in [0.2, 0.25) is 0 Å². The Kier molecular flexibility index (Phi) is 8.12. The van der Waals surface area contributed by atoms with Crippen LogP contribution in [-0.4, -0.2) is 42.9 Å². The van der Waals surface area contributed by atoms with Crippen molar-refractivity contribution in [1.29, 1.82) is 0 Å². The quantitative estimate of drug-likeness (QED) is 0.607. The minimum Gasteiger partial charge on any atom is -0.481 e. The van der Waals surface area contributed by atoms with E-state index in [1.54, 1.807) is 0 Å². The molecule has 0 aliphatic carbocycles. The van der Waals surface area contributed by atoms with Gasteiger partial charge in [0.15, 0.2) is 0 Å². The summed E-state index contributed by atoms with van der Waals surface area (Å²) in [6, 6.07) is -0.151. The summed E-state index contributed by atoms with van der Waals surface area (Å²) in [5, 5.41) is 14.3. The molecule has 0 saturated carbocycles. The molecule has 0 bridgehead atoms. The van der Waals surface area contributed by atoms with Gasteiger partial charge in [0.05, 0.1) is 6.10 Å². The van der Waals surface area contributed by atoms with Gasteiger partial charge in [-0.3, -0.25) is 4.79 Å². The largest absolute Gasteiger partial charge is 0.481 e. The Labute approximate surface area is 126 Å². The van der Waals surface area contributed by atoms with Crippen molar-refractivity contribution in [1.82, 2.24) is 10.6 Å². The van der Waals surface area contributed by atoms with Crippen molar-refractivity contribution in [2.75, 3.05) is 19.7 Å². The summed E-state index contributed by atoms with van der Waals surface area (Å²) < 4.78 is 5.59. The van der Waals surface area contributed by atoms with Crippen LogP contribution < -0.4 is 10.6 Å². The average Bonchev–Trinajstić information content (AvgIpc) is 2.90. The van der Waals surface area contributed by atoms with E-state index in [1.807, 2.05) is 6.92 Å². The van der Waals surface area contributed by atoms with Gasteiger partial charge < -0.3 is 20.5 Å². The fourth-order valence-corrected chi connectivity index (χ4v) is 2.61. The maximum Gasteiger partial charge on any atom is 0.314 e. The van der Waals surface area contributed by atoms with Gasteiger partial charge >= 0.3 is 12.0 Å². The van der Waals surface area contributed by atoms with Crippen LogP contribution in [0, 0.1) is 11.8 Å². The molecule has 1 aliphatic heterocycles. The molecule has 0 aromatic heterocycles. The zero-order chi connectivity index (χ0) is 15.7. The molecule has 0 aromatic rings. The van der Waals surface area contributed by atoms with Crippen molar-refractivity contribution in [3.8, 4) is 0 Å². The van der Waals surface area contributed by atoms with Crippen LogP contribution in [0.5, 0.6) is 0 Å². The van der Waals surface area contributed by atoms with Gasteiger partial charge in [-0.15, -0.1) is 0 Å². The first-order valence-corrected chi connectivity index (χ1v) is 7.88. The van der Waals surface area contributed by atoms with Crippen LogP contribution in [0.1, 0.15) is 46.0 Å². The van der Waals surface area contributed by atoms with Crippen molar-refractivity contribution in [3.63, 3.8) is 0 Å². The maximum atomic E-state index is 11.7. The lowest BCUT2D eigenvalue weighted by molar-refractivity contribution is -0.137. The number of hydrogen-bond acceptors (Lipinski definition) is 3. The summed E-state index contributed by atoms with van der Waals surface area (Å²) in [7, 11) is 0. The van der Waals surface area contributed by atoms with Gasteiger partial charge in [-0.25, -0.2) is 4.79 Å². The third-order valence-electron chi connectivity index (χ3n) is 4.05. The number of ether oxygens (including phenoxy) is 1. The number of aliphatic carboxylic acids is 1. The summed E-state index contributed by atoms with van der Waals surface area (Å²) in [4.78, 5) is 22.1. The smallest absolute Gasteiger partial charge is 0.314 e. The Morgan fingerprint density at radius 3 is 2.76 bits per heavy atom. The van der Waals surface area contributed by atoms with Crippen LogP contribution in [-0.2, 0) is 9.53 Å². The Morgan fingerprint density at radius 1 is 1.33 bits per heavy atom. The summed E-state index contributed by atoms with van der Waals surface area (Å²) >= 11 is 0. The first-order chi connectivity index (χ1) is 10.0. The van der Waals surface area contributed by atoms with E-state index in [0.29, 0.717) is 31.3 Å². The zero-order valence-corrected chi connectivity index (χ0v) is 13.1. The second kappa shape index (κ2) is 9.60. The minimum atomic E-state index is -0.767. The first kappa shape index (κ1) is 17.8. The number of urea groups is 1. The van der Waals surface area contributed by atoms with Crippen LogP contribution in [0.4, 0.5) is 4.79 Å². The van der Waals surface area contributed by atoms with Crippen molar-refractivity contribution < 1.29 is 19.4 Å². The highest BCUT2D eigenvalue weighted by molar-refractivity contribution is 5.73. The Morgan fingerprint density at radius 2 is 2.10 bits per heavy atom. The summed E-state index contributed by atoms with van der Waals surface area (Å²) in [6.07, 6.45) is 3.88. The standard InChI is InChI=1S/C15H28N2O4/c1-3-13-12(7-9-21-13)10-17-15(20)16-8-6-11(2)4-5-14(18)19/h11-13H,3-10H2,1-2H3,(H,18,19)(H2,16,17,20). The van der Waals surface area contributed by atoms with Gasteiger partial charge in [0, 0.05) is 32.0 Å². The number of rotatable bonds is 9. The third-order valence-corrected chi connectivity index (χ3v) is 4.05. The van der Waals surface area contributed by atoms with Gasteiger partial charge in [0.25, 0.3) is 0 Å². The van der Waals surface area contributed by atoms with Gasteiger partial charge in [0.2, 0.25) is 0 Å². The summed E-state index contributed by atoms with van der Waals surface area (Å²) in [6.45, 7) is 6.11. The molecule has 3 N–H and O–H groups in total. The van der Waals surface area contributed by atoms with Crippen LogP contribution in [0.3, 0.4) is 0 Å². The molecule has 0 spiro atoms. The molecular weight excluding hydrogens is 272 g/mol. The van der Waals surface area contributed by atoms with Gasteiger partial charge in [-0.1, -0.05) is 13.8 Å². The topological polar surface area (TPSA) is 87.7 Å². The molecule has 6 heteroatoms. The highest BCUT2D eigenvalue weighted by Gasteiger charge is 2.26. The zero-order valence-electron chi connectivity index (χ0n) is 13.1. The molecule has 0 aromatic carbocycles. The molecule has 1 aliphatic rings. The highest BCUT2D eigenvalue weighted by Crippen LogP contribution is 2.22. The number of amides is 2. The SMILES string of the molecule is CCC1OCCC1CNC(=O)NCCC(C)CCC(=O)O.